The van der Waals surface area contributed by atoms with Crippen LogP contribution in [0.15, 0.2) is 0 Å². The molecule has 14 unspecified atom stereocenters. The molecule has 17 atom stereocenters. The van der Waals surface area contributed by atoms with Crippen LogP contribution >= 0.6 is 0 Å². The van der Waals surface area contributed by atoms with Crippen molar-refractivity contribution < 1.29 is 165 Å². The number of hydrogen-bond acceptors (Lipinski definition) is 36. The van der Waals surface area contributed by atoms with Crippen molar-refractivity contribution in [3.8, 4) is 0 Å². The Morgan fingerprint density at radius 3 is 1.01 bits per heavy atom. The van der Waals surface area contributed by atoms with Crippen LogP contribution in [0, 0.1) is 0 Å². The molecule has 0 radical (unpaired) electrons. The zero-order valence-corrected chi connectivity index (χ0v) is 73.6. The molecule has 4 saturated heterocycles. The maximum absolute atomic E-state index is 14.1. The smallest absolute Gasteiger partial charge is 0.306 e. The van der Waals surface area contributed by atoms with Crippen LogP contribution in [0.4, 0.5) is 0 Å². The number of aliphatic hydroxyl groups excluding tert-OH is 7. The van der Waals surface area contributed by atoms with Gasteiger partial charge in [0.1, 0.15) is 86.4 Å². The van der Waals surface area contributed by atoms with Crippen LogP contribution in [-0.4, -0.2) is 364 Å². The third-order valence-corrected chi connectivity index (χ3v) is 21.1. The summed E-state index contributed by atoms with van der Waals surface area (Å²) in [5, 5.41) is 101. The highest BCUT2D eigenvalue weighted by Crippen LogP contribution is 2.27. The van der Waals surface area contributed by atoms with Gasteiger partial charge in [0.05, 0.1) is 89.8 Å². The lowest BCUT2D eigenvalue weighted by Crippen LogP contribution is -2.62. The highest BCUT2D eigenvalue weighted by Gasteiger charge is 2.47. The Bertz CT molecular complexity index is 3020. The van der Waals surface area contributed by atoms with Crippen LogP contribution in [0.2, 0.25) is 0 Å². The summed E-state index contributed by atoms with van der Waals surface area (Å²) in [4.78, 5) is 163. The number of likely N-dealkylation sites (tertiary alicyclic amines) is 1. The van der Waals surface area contributed by atoms with Crippen molar-refractivity contribution in [3.05, 3.63) is 0 Å². The van der Waals surface area contributed by atoms with Gasteiger partial charge in [-0.1, -0.05) is 38.5 Å². The van der Waals surface area contributed by atoms with E-state index in [-0.39, 0.29) is 244 Å². The Kier molecular flexibility index (Phi) is 56.4. The van der Waals surface area contributed by atoms with Gasteiger partial charge < -0.3 is 162 Å². The third kappa shape index (κ3) is 47.1. The minimum Gasteiger partial charge on any atom is -0.481 e. The van der Waals surface area contributed by atoms with Crippen molar-refractivity contribution in [2.45, 2.75) is 310 Å². The number of nitrogens with two attached hydrogens (primary N) is 3. The van der Waals surface area contributed by atoms with Gasteiger partial charge in [0.25, 0.3) is 0 Å². The van der Waals surface area contributed by atoms with E-state index in [1.807, 2.05) is 0 Å². The van der Waals surface area contributed by atoms with E-state index in [0.717, 1.165) is 32.1 Å². The summed E-state index contributed by atoms with van der Waals surface area (Å²) >= 11 is 0. The van der Waals surface area contributed by atoms with Crippen LogP contribution in [0.5, 0.6) is 0 Å². The molecule has 0 aromatic heterocycles. The molecular formula is C82H143N11O34. The number of carboxylic acids is 1. The molecule has 4 fully saturated rings. The highest BCUT2D eigenvalue weighted by atomic mass is 16.7. The van der Waals surface area contributed by atoms with Gasteiger partial charge in [0.15, 0.2) is 18.9 Å². The monoisotopic (exact) mass is 1830 g/mol. The Balaban J connectivity index is 1.30. The van der Waals surface area contributed by atoms with Crippen molar-refractivity contribution in [1.29, 1.82) is 0 Å². The second-order valence-electron chi connectivity index (χ2n) is 32.0. The number of nitrogens with zero attached hydrogens (tertiary/aromatic N) is 1. The topological polar surface area (TPSA) is 669 Å². The number of hydrogen-bond donors (Lipinski definition) is 18. The van der Waals surface area contributed by atoms with E-state index < -0.39 is 145 Å². The lowest BCUT2D eigenvalue weighted by molar-refractivity contribution is -0.267. The fraction of sp³-hybridized carbons (Fsp3) is 0.841. The van der Waals surface area contributed by atoms with Gasteiger partial charge in [-0.05, 0) is 70.6 Å². The predicted octanol–water partition coefficient (Wildman–Crippen LogP) is -4.23. The number of aliphatic carboxylic acids is 1. The molecule has 4 rings (SSSR count). The van der Waals surface area contributed by atoms with Crippen LogP contribution in [0.1, 0.15) is 201 Å². The van der Waals surface area contributed by atoms with Crippen LogP contribution in [-0.2, 0) is 124 Å². The number of carbonyl (C=O) groups excluding carboxylic acids is 12. The molecule has 4 aliphatic heterocycles. The van der Waals surface area contributed by atoms with Crippen molar-refractivity contribution in [2.75, 3.05) is 132 Å². The minimum absolute atomic E-state index is 0.0700. The second kappa shape index (κ2) is 64.2. The summed E-state index contributed by atoms with van der Waals surface area (Å²) in [5.74, 6) is -6.11. The number of carboxylic acid groups (broad SMARTS) is 1. The molecule has 0 saturated carbocycles. The Hall–Kier alpha value is -7.65. The van der Waals surface area contributed by atoms with E-state index in [4.69, 9.17) is 83.9 Å². The lowest BCUT2D eigenvalue weighted by Gasteiger charge is -2.40. The van der Waals surface area contributed by atoms with Crippen molar-refractivity contribution in [1.82, 2.24) is 42.1 Å². The first-order chi connectivity index (χ1) is 60.7. The van der Waals surface area contributed by atoms with E-state index in [1.165, 1.54) is 25.7 Å². The van der Waals surface area contributed by atoms with E-state index in [1.54, 1.807) is 0 Å². The number of carbonyl (C=O) groups is 13. The molecule has 0 spiro atoms. The van der Waals surface area contributed by atoms with Crippen LogP contribution < -0.4 is 54.4 Å². The molecule has 45 heteroatoms. The van der Waals surface area contributed by atoms with E-state index in [9.17, 15) is 98.1 Å². The molecule has 0 aromatic carbocycles. The fourth-order valence-electron chi connectivity index (χ4n) is 13.8. The Morgan fingerprint density at radius 2 is 0.685 bits per heavy atom. The van der Waals surface area contributed by atoms with Gasteiger partial charge in [-0.2, -0.15) is 0 Å². The molecular weight excluding hydrogens is 1680 g/mol. The van der Waals surface area contributed by atoms with E-state index in [2.05, 4.69) is 37.2 Å². The van der Waals surface area contributed by atoms with Crippen molar-refractivity contribution in [2.24, 2.45) is 17.2 Å². The zero-order valence-electron chi connectivity index (χ0n) is 73.6. The predicted molar refractivity (Wildman–Crippen MR) is 444 cm³/mol. The maximum Gasteiger partial charge on any atom is 0.306 e. The summed E-state index contributed by atoms with van der Waals surface area (Å²) in [6.45, 7) is 2.79. The first-order valence-corrected chi connectivity index (χ1v) is 44.3. The highest BCUT2D eigenvalue weighted by molar-refractivity contribution is 5.80. The molecule has 0 aliphatic carbocycles. The summed E-state index contributed by atoms with van der Waals surface area (Å²) in [5.41, 5.74) is 16.6. The summed E-state index contributed by atoms with van der Waals surface area (Å²) < 4.78 is 72.4. The summed E-state index contributed by atoms with van der Waals surface area (Å²) in [6.07, 6.45) is -6.16. The Morgan fingerprint density at radius 1 is 0.378 bits per heavy atom. The van der Waals surface area contributed by atoms with E-state index in [0.29, 0.717) is 77.0 Å². The molecule has 0 aromatic rings. The molecule has 0 bridgehead atoms. The van der Waals surface area contributed by atoms with Crippen molar-refractivity contribution in [3.63, 3.8) is 0 Å². The molecule has 4 aliphatic rings. The number of nitrogens with one attached hydrogen (secondary N) is 7. The second-order valence-corrected chi connectivity index (χ2v) is 32.0. The Labute approximate surface area is 740 Å². The largest absolute Gasteiger partial charge is 0.481 e. The summed E-state index contributed by atoms with van der Waals surface area (Å²) in [6, 6.07) is -3.78. The number of aliphatic hydroxyl groups is 7. The number of esters is 4. The standard InChI is InChI=1S/C82H143N11O34/c1-52(95)121-46-57-73(109)76(112)70(83)79(125-57)118-37-15-12-21-60(98)86-31-18-34-89-63(101)28-40-115-49-82(92-66(104)24-10-8-6-4-5-7-9-11-25-67(105)93-44-56(43-55(93)45-94)124-69(108)27-26-68(106)107,50-116-41-29-64(102)90-35-19-32-87-61(99)22-13-16-38-119-80-71(84)77(113)74(110)58(126-80)47-122-53(2)96)51-117-42-30-65(103)91-36-20-33-88-62(100)23-14-17-39-120-81-72(85)78(114)75(111)59(127-81)48-123-54(3)97/h55-59,70-81,94,109-114H,4-51,83-85H2,1-3H3,(H,86,98)(H,87,99)(H,88,100)(H,89,101)(H,90,102)(H,91,103)(H,92,104)(H,106,107)/t55-,56+,57?,58?,59?,70-,71?,72?,73?,74?,75?,76?,77?,78?,79?,80?,81?,82?/m0/s1. The van der Waals surface area contributed by atoms with Gasteiger partial charge in [-0.25, -0.2) is 0 Å². The van der Waals surface area contributed by atoms with E-state index >= 15 is 0 Å². The third-order valence-electron chi connectivity index (χ3n) is 21.1. The molecule has 8 amide bonds. The maximum atomic E-state index is 14.1. The number of amides is 8. The number of unbranched alkanes of at least 4 members (excludes halogenated alkanes) is 10. The molecule has 127 heavy (non-hydrogen) atoms. The SMILES string of the molecule is CC(=O)OCC1OC(OCCCCC(=O)NCCCNC(=O)CCOCC(COCCC(=O)NCCCNC(=O)CCCCOC2OC(COC(C)=O)C(O)C(O)C2N)(COCCC(=O)NCCCNC(=O)CCCCOC2OC(COC(C)=O)C(O)C(O)[C@@H]2N)NC(=O)CCCCCCCCCCC(=O)N2C[C@H](OC(=O)CCC(=O)O)C[C@H]2CO)C(N)C(O)C1O. The lowest BCUT2D eigenvalue weighted by atomic mass is 9.98. The van der Waals surface area contributed by atoms with Gasteiger partial charge in [0, 0.05) is 138 Å². The van der Waals surface area contributed by atoms with Crippen LogP contribution in [0.25, 0.3) is 0 Å². The first kappa shape index (κ1) is 112. The summed E-state index contributed by atoms with van der Waals surface area (Å²) in [7, 11) is 0. The first-order valence-electron chi connectivity index (χ1n) is 44.3. The van der Waals surface area contributed by atoms with Gasteiger partial charge in [-0.15, -0.1) is 0 Å². The van der Waals surface area contributed by atoms with Crippen molar-refractivity contribution >= 4 is 77.1 Å². The quantitative estimate of drug-likeness (QED) is 0.0156. The minimum atomic E-state index is -1.46. The molecule has 45 nitrogen and oxygen atoms in total. The molecule has 730 valence electrons. The van der Waals surface area contributed by atoms with Gasteiger partial charge in [0.2, 0.25) is 47.3 Å². The normalized spacial score (nSPS) is 24.4. The number of ether oxygens (including phenoxy) is 13. The number of rotatable bonds is 68. The van der Waals surface area contributed by atoms with Crippen LogP contribution in [0.3, 0.4) is 0 Å². The van der Waals surface area contributed by atoms with Gasteiger partial charge >= 0.3 is 29.8 Å². The average molecular weight is 1830 g/mol. The molecule has 21 N–H and O–H groups in total. The fourth-order valence-corrected chi connectivity index (χ4v) is 13.8. The molecule has 4 heterocycles. The zero-order chi connectivity index (χ0) is 93.5. The van der Waals surface area contributed by atoms with Gasteiger partial charge in [-0.3, -0.25) is 62.3 Å². The average Bonchev–Trinajstić information content (AvgIpc) is 1.71.